The Morgan fingerprint density at radius 2 is 0.800 bits per heavy atom. The van der Waals surface area contributed by atoms with Crippen LogP contribution in [0.4, 0.5) is 0 Å². The molecule has 8 nitrogen and oxygen atoms in total. The fourth-order valence-corrected chi connectivity index (χ4v) is 8.18. The summed E-state index contributed by atoms with van der Waals surface area (Å²) in [5, 5.41) is 11.7. The summed E-state index contributed by atoms with van der Waals surface area (Å²) >= 11 is 0. The second-order valence-corrected chi connectivity index (χ2v) is 20.2. The SMILES string of the molecule is CC/C=C/C/C=C/C/C=C/C/C=C/C/C=C/C/C=C/C/C=C/CCCC(=O)OCC(COCCC(C(=O)[O-])[N+](C)(C)C)OC(=O)CCCCCCCCCCCCCCCCCCCCCCCCC. The third kappa shape index (κ3) is 49.5. The molecule has 0 aromatic rings. The molecule has 0 spiro atoms. The lowest BCUT2D eigenvalue weighted by Crippen LogP contribution is -2.55. The van der Waals surface area contributed by atoms with Crippen LogP contribution in [-0.2, 0) is 28.6 Å². The van der Waals surface area contributed by atoms with Gasteiger partial charge >= 0.3 is 11.9 Å². The smallest absolute Gasteiger partial charge is 0.306 e. The van der Waals surface area contributed by atoms with E-state index in [0.29, 0.717) is 12.8 Å². The Kier molecular flexibility index (Phi) is 49.3. The predicted molar refractivity (Wildman–Crippen MR) is 295 cm³/mol. The van der Waals surface area contributed by atoms with Crippen molar-refractivity contribution in [2.24, 2.45) is 0 Å². The van der Waals surface area contributed by atoms with Gasteiger partial charge in [0.1, 0.15) is 12.6 Å². The number of aliphatic carboxylic acids is 1. The number of hydrogen-bond acceptors (Lipinski definition) is 7. The van der Waals surface area contributed by atoms with Gasteiger partial charge in [-0.25, -0.2) is 0 Å². The van der Waals surface area contributed by atoms with E-state index in [0.717, 1.165) is 70.6 Å². The molecule has 0 aromatic carbocycles. The Morgan fingerprint density at radius 1 is 0.443 bits per heavy atom. The fourth-order valence-electron chi connectivity index (χ4n) is 8.18. The fraction of sp³-hybridized carbons (Fsp3) is 0.726. The molecule has 0 aliphatic rings. The van der Waals surface area contributed by atoms with Gasteiger partial charge in [0.2, 0.25) is 0 Å². The maximum Gasteiger partial charge on any atom is 0.306 e. The van der Waals surface area contributed by atoms with E-state index in [1.165, 1.54) is 128 Å². The summed E-state index contributed by atoms with van der Waals surface area (Å²) in [7, 11) is 5.40. The third-order valence-electron chi connectivity index (χ3n) is 12.5. The average Bonchev–Trinajstić information content (AvgIpc) is 3.33. The molecule has 0 rings (SSSR count). The lowest BCUT2D eigenvalue weighted by atomic mass is 10.0. The topological polar surface area (TPSA) is 102 Å². The van der Waals surface area contributed by atoms with Gasteiger partial charge in [-0.15, -0.1) is 0 Å². The molecule has 0 aliphatic carbocycles. The molecular weight excluding hydrogens is 871 g/mol. The monoisotopic (exact) mass is 978 g/mol. The van der Waals surface area contributed by atoms with E-state index in [4.69, 9.17) is 14.2 Å². The first-order valence-electron chi connectivity index (χ1n) is 28.6. The van der Waals surface area contributed by atoms with Crippen molar-refractivity contribution in [2.45, 2.75) is 251 Å². The molecule has 0 fully saturated rings. The highest BCUT2D eigenvalue weighted by Gasteiger charge is 2.25. The van der Waals surface area contributed by atoms with Crippen LogP contribution >= 0.6 is 0 Å². The summed E-state index contributed by atoms with van der Waals surface area (Å²) in [6.07, 6.45) is 69.2. The quantitative estimate of drug-likeness (QED) is 0.0259. The molecule has 0 saturated carbocycles. The van der Waals surface area contributed by atoms with Gasteiger partial charge in [0.25, 0.3) is 0 Å². The molecule has 0 radical (unpaired) electrons. The lowest BCUT2D eigenvalue weighted by Gasteiger charge is -2.34. The number of carboxylic acids is 1. The van der Waals surface area contributed by atoms with E-state index < -0.39 is 18.1 Å². The number of esters is 2. The van der Waals surface area contributed by atoms with Crippen molar-refractivity contribution in [1.82, 2.24) is 0 Å². The molecule has 0 heterocycles. The standard InChI is InChI=1S/C62H107NO7/c1-6-8-10-12-14-16-18-20-22-24-26-28-30-32-34-36-38-40-42-44-46-48-50-52-60(64)69-57-58(56-68-55-54-59(62(66)67)63(3,4)5)70-61(65)53-51-49-47-45-43-41-39-37-35-33-31-29-27-25-23-21-19-17-15-13-11-9-7-2/h8,10,14,16,20,22,26,28,32,34,38,40,44,46,58-59H,6-7,9,11-13,15,17-19,21,23-25,27,29-31,33,35-37,39,41-43,45,47-57H2,1-5H3/b10-8+,16-14+,22-20+,28-26+,34-32+,40-38+,46-44+. The molecule has 0 amide bonds. The second-order valence-electron chi connectivity index (χ2n) is 20.2. The van der Waals surface area contributed by atoms with E-state index in [-0.39, 0.29) is 49.1 Å². The number of ether oxygens (including phenoxy) is 3. The highest BCUT2D eigenvalue weighted by atomic mass is 16.6. The Morgan fingerprint density at radius 3 is 1.17 bits per heavy atom. The number of hydrogen-bond donors (Lipinski definition) is 0. The Labute approximate surface area is 431 Å². The van der Waals surface area contributed by atoms with Gasteiger partial charge in [-0.1, -0.05) is 240 Å². The van der Waals surface area contributed by atoms with E-state index in [1.54, 1.807) is 21.1 Å². The number of nitrogens with zero attached hydrogens (tertiary/aromatic N) is 1. The molecule has 0 bridgehead atoms. The summed E-state index contributed by atoms with van der Waals surface area (Å²) < 4.78 is 17.2. The van der Waals surface area contributed by atoms with Crippen LogP contribution in [0.2, 0.25) is 0 Å². The van der Waals surface area contributed by atoms with Crippen molar-refractivity contribution in [1.29, 1.82) is 0 Å². The number of likely N-dealkylation sites (N-methyl/N-ethyl adjacent to an activating group) is 1. The highest BCUT2D eigenvalue weighted by Crippen LogP contribution is 2.16. The first-order valence-corrected chi connectivity index (χ1v) is 28.6. The Bertz CT molecular complexity index is 1420. The van der Waals surface area contributed by atoms with Crippen molar-refractivity contribution in [2.75, 3.05) is 41.0 Å². The summed E-state index contributed by atoms with van der Waals surface area (Å²) in [5.74, 6) is -1.81. The summed E-state index contributed by atoms with van der Waals surface area (Å²) in [5.41, 5.74) is 0. The number of rotatable bonds is 51. The molecule has 8 heteroatoms. The molecular formula is C62H107NO7. The molecule has 0 N–H and O–H groups in total. The largest absolute Gasteiger partial charge is 0.544 e. The van der Waals surface area contributed by atoms with Crippen LogP contribution in [0.5, 0.6) is 0 Å². The average molecular weight is 979 g/mol. The third-order valence-corrected chi connectivity index (χ3v) is 12.5. The van der Waals surface area contributed by atoms with Gasteiger partial charge in [-0.05, 0) is 64.2 Å². The Balaban J connectivity index is 4.27. The van der Waals surface area contributed by atoms with Gasteiger partial charge in [0, 0.05) is 19.3 Å². The van der Waals surface area contributed by atoms with Gasteiger partial charge in [-0.3, -0.25) is 9.59 Å². The number of carbonyl (C=O) groups excluding carboxylic acids is 3. The van der Waals surface area contributed by atoms with Crippen LogP contribution in [0, 0.1) is 0 Å². The van der Waals surface area contributed by atoms with Crippen LogP contribution in [0.15, 0.2) is 85.1 Å². The first-order chi connectivity index (χ1) is 34.1. The minimum atomic E-state index is -1.13. The first kappa shape index (κ1) is 66.5. The van der Waals surface area contributed by atoms with Gasteiger partial charge in [-0.2, -0.15) is 0 Å². The minimum absolute atomic E-state index is 0.0205. The maximum absolute atomic E-state index is 12.8. The van der Waals surface area contributed by atoms with Crippen molar-refractivity contribution in [3.63, 3.8) is 0 Å². The van der Waals surface area contributed by atoms with E-state index in [1.807, 2.05) is 0 Å². The Hall–Kier alpha value is -3.49. The summed E-state index contributed by atoms with van der Waals surface area (Å²) in [6.45, 7) is 4.52. The van der Waals surface area contributed by atoms with Crippen LogP contribution in [-0.4, -0.2) is 75.5 Å². The van der Waals surface area contributed by atoms with Crippen LogP contribution in [0.3, 0.4) is 0 Å². The van der Waals surface area contributed by atoms with Crippen molar-refractivity contribution in [3.05, 3.63) is 85.1 Å². The second kappa shape index (κ2) is 51.9. The van der Waals surface area contributed by atoms with Gasteiger partial charge in [0.05, 0.1) is 40.3 Å². The molecule has 2 unspecified atom stereocenters. The molecule has 402 valence electrons. The number of allylic oxidation sites excluding steroid dienone is 14. The molecule has 70 heavy (non-hydrogen) atoms. The number of quaternary nitrogens is 1. The number of carboxylic acid groups (broad SMARTS) is 1. The van der Waals surface area contributed by atoms with E-state index in [2.05, 4.69) is 98.9 Å². The van der Waals surface area contributed by atoms with Crippen LogP contribution in [0.25, 0.3) is 0 Å². The van der Waals surface area contributed by atoms with Crippen molar-refractivity contribution >= 4 is 17.9 Å². The van der Waals surface area contributed by atoms with E-state index >= 15 is 0 Å². The number of carbonyl (C=O) groups is 3. The highest BCUT2D eigenvalue weighted by molar-refractivity contribution is 5.70. The summed E-state index contributed by atoms with van der Waals surface area (Å²) in [4.78, 5) is 37.1. The van der Waals surface area contributed by atoms with Crippen molar-refractivity contribution in [3.8, 4) is 0 Å². The molecule has 0 aromatic heterocycles. The molecule has 0 saturated heterocycles. The van der Waals surface area contributed by atoms with Crippen LogP contribution in [0.1, 0.15) is 239 Å². The maximum atomic E-state index is 12.8. The zero-order valence-electron chi connectivity index (χ0n) is 45.9. The predicted octanol–water partition coefficient (Wildman–Crippen LogP) is 15.9. The normalized spacial score (nSPS) is 13.4. The molecule has 2 atom stereocenters. The minimum Gasteiger partial charge on any atom is -0.544 e. The zero-order valence-corrected chi connectivity index (χ0v) is 45.9. The molecule has 0 aliphatic heterocycles. The zero-order chi connectivity index (χ0) is 51.3. The van der Waals surface area contributed by atoms with Crippen LogP contribution < -0.4 is 5.11 Å². The van der Waals surface area contributed by atoms with Crippen molar-refractivity contribution < 1.29 is 38.2 Å². The van der Waals surface area contributed by atoms with Gasteiger partial charge in [0.15, 0.2) is 6.10 Å². The lowest BCUT2D eigenvalue weighted by molar-refractivity contribution is -0.889. The van der Waals surface area contributed by atoms with Gasteiger partial charge < -0.3 is 28.6 Å². The summed E-state index contributed by atoms with van der Waals surface area (Å²) in [6, 6.07) is -0.739. The van der Waals surface area contributed by atoms with E-state index in [9.17, 15) is 19.5 Å². The number of unbranched alkanes of at least 4 members (excludes halogenated alkanes) is 23.